The molecule has 2 aromatic rings. The fourth-order valence-corrected chi connectivity index (χ4v) is 3.29. The molecule has 0 saturated carbocycles. The highest BCUT2D eigenvalue weighted by molar-refractivity contribution is 5.32. The van der Waals surface area contributed by atoms with Gasteiger partial charge in [0.05, 0.1) is 4.92 Å². The molecule has 0 unspecified atom stereocenters. The Bertz CT molecular complexity index is 931. The minimum absolute atomic E-state index is 0.108. The SMILES string of the molecule is CCCCN(CCCc1cc(=O)n(C)c(=O)n1C)CCc1ccc([N+](=O)[O-])cc1. The van der Waals surface area contributed by atoms with Crippen LogP contribution in [-0.4, -0.2) is 38.6 Å². The van der Waals surface area contributed by atoms with Gasteiger partial charge in [-0.2, -0.15) is 0 Å². The first-order chi connectivity index (χ1) is 13.8. The van der Waals surface area contributed by atoms with E-state index in [1.165, 1.54) is 17.7 Å². The van der Waals surface area contributed by atoms with Crippen molar-refractivity contribution in [1.29, 1.82) is 0 Å². The van der Waals surface area contributed by atoms with E-state index in [4.69, 9.17) is 0 Å². The van der Waals surface area contributed by atoms with Gasteiger partial charge in [-0.3, -0.25) is 19.5 Å². The van der Waals surface area contributed by atoms with Crippen LogP contribution in [0.4, 0.5) is 5.69 Å². The van der Waals surface area contributed by atoms with Crippen molar-refractivity contribution in [3.63, 3.8) is 0 Å². The summed E-state index contributed by atoms with van der Waals surface area (Å²) >= 11 is 0. The number of nitro groups is 1. The molecule has 0 atom stereocenters. The van der Waals surface area contributed by atoms with Gasteiger partial charge in [-0.1, -0.05) is 25.5 Å². The smallest absolute Gasteiger partial charge is 0.303 e. The summed E-state index contributed by atoms with van der Waals surface area (Å²) in [5.41, 5.74) is 1.36. The zero-order valence-electron chi connectivity index (χ0n) is 17.5. The van der Waals surface area contributed by atoms with Crippen LogP contribution in [0.1, 0.15) is 37.4 Å². The van der Waals surface area contributed by atoms with Crippen molar-refractivity contribution in [2.75, 3.05) is 19.6 Å². The molecule has 0 aliphatic rings. The van der Waals surface area contributed by atoms with Crippen LogP contribution in [0.3, 0.4) is 0 Å². The molecule has 29 heavy (non-hydrogen) atoms. The minimum Gasteiger partial charge on any atom is -0.303 e. The van der Waals surface area contributed by atoms with Gasteiger partial charge < -0.3 is 9.47 Å². The van der Waals surface area contributed by atoms with E-state index in [-0.39, 0.29) is 21.9 Å². The summed E-state index contributed by atoms with van der Waals surface area (Å²) in [6, 6.07) is 8.25. The maximum atomic E-state index is 12.0. The van der Waals surface area contributed by atoms with Gasteiger partial charge in [0.15, 0.2) is 0 Å². The van der Waals surface area contributed by atoms with Crippen molar-refractivity contribution >= 4 is 5.69 Å². The molecule has 0 aliphatic heterocycles. The molecule has 1 heterocycles. The lowest BCUT2D eigenvalue weighted by molar-refractivity contribution is -0.384. The van der Waals surface area contributed by atoms with Crippen LogP contribution in [-0.2, 0) is 26.9 Å². The maximum absolute atomic E-state index is 12.0. The summed E-state index contributed by atoms with van der Waals surface area (Å²) in [6.45, 7) is 4.88. The van der Waals surface area contributed by atoms with Gasteiger partial charge in [-0.15, -0.1) is 0 Å². The first-order valence-corrected chi connectivity index (χ1v) is 10.0. The average Bonchev–Trinajstić information content (AvgIpc) is 2.71. The fraction of sp³-hybridized carbons (Fsp3) is 0.524. The Hall–Kier alpha value is -2.74. The van der Waals surface area contributed by atoms with E-state index in [0.29, 0.717) is 6.42 Å². The van der Waals surface area contributed by atoms with Crippen LogP contribution >= 0.6 is 0 Å². The second kappa shape index (κ2) is 10.7. The number of nitrogens with zero attached hydrogens (tertiary/aromatic N) is 4. The summed E-state index contributed by atoms with van der Waals surface area (Å²) in [4.78, 5) is 36.7. The predicted molar refractivity (Wildman–Crippen MR) is 113 cm³/mol. The third kappa shape index (κ3) is 6.39. The molecule has 0 amide bonds. The maximum Gasteiger partial charge on any atom is 0.330 e. The monoisotopic (exact) mass is 402 g/mol. The molecule has 2 rings (SSSR count). The Labute approximate surface area is 170 Å². The zero-order valence-corrected chi connectivity index (χ0v) is 17.5. The van der Waals surface area contributed by atoms with E-state index in [9.17, 15) is 19.7 Å². The van der Waals surface area contributed by atoms with Gasteiger partial charge in [0.1, 0.15) is 0 Å². The number of nitro benzene ring substituents is 1. The highest BCUT2D eigenvalue weighted by Crippen LogP contribution is 2.13. The van der Waals surface area contributed by atoms with Crippen molar-refractivity contribution in [2.45, 2.75) is 39.0 Å². The van der Waals surface area contributed by atoms with Gasteiger partial charge in [-0.25, -0.2) is 4.79 Å². The molecular weight excluding hydrogens is 372 g/mol. The predicted octanol–water partition coefficient (Wildman–Crippen LogP) is 2.27. The number of aromatic nitrogens is 2. The molecule has 158 valence electrons. The quantitative estimate of drug-likeness (QED) is 0.425. The summed E-state index contributed by atoms with van der Waals surface area (Å²) in [7, 11) is 3.18. The highest BCUT2D eigenvalue weighted by atomic mass is 16.6. The fourth-order valence-electron chi connectivity index (χ4n) is 3.29. The van der Waals surface area contributed by atoms with Crippen LogP contribution in [0.2, 0.25) is 0 Å². The molecule has 0 aliphatic carbocycles. The van der Waals surface area contributed by atoms with Crippen LogP contribution in [0.25, 0.3) is 0 Å². The molecule has 0 fully saturated rings. The van der Waals surface area contributed by atoms with Crippen LogP contribution < -0.4 is 11.2 Å². The van der Waals surface area contributed by atoms with E-state index in [0.717, 1.165) is 61.1 Å². The van der Waals surface area contributed by atoms with Gasteiger partial charge in [0.25, 0.3) is 11.2 Å². The molecule has 0 bridgehead atoms. The van der Waals surface area contributed by atoms with Crippen molar-refractivity contribution in [3.05, 3.63) is 72.5 Å². The topological polar surface area (TPSA) is 90.4 Å². The van der Waals surface area contributed by atoms with E-state index >= 15 is 0 Å². The lowest BCUT2D eigenvalue weighted by Gasteiger charge is -2.22. The van der Waals surface area contributed by atoms with Gasteiger partial charge in [0.2, 0.25) is 0 Å². The van der Waals surface area contributed by atoms with E-state index < -0.39 is 0 Å². The Morgan fingerprint density at radius 3 is 2.24 bits per heavy atom. The number of hydrogen-bond donors (Lipinski definition) is 0. The number of hydrogen-bond acceptors (Lipinski definition) is 5. The molecule has 0 spiro atoms. The Morgan fingerprint density at radius 2 is 1.62 bits per heavy atom. The molecule has 8 nitrogen and oxygen atoms in total. The number of unbranched alkanes of at least 4 members (excludes halogenated alkanes) is 1. The molecular formula is C21H30N4O4. The largest absolute Gasteiger partial charge is 0.330 e. The van der Waals surface area contributed by atoms with Crippen LogP contribution in [0.15, 0.2) is 39.9 Å². The zero-order chi connectivity index (χ0) is 21.4. The molecule has 0 radical (unpaired) electrons. The average molecular weight is 402 g/mol. The number of benzene rings is 1. The molecule has 1 aromatic carbocycles. The summed E-state index contributed by atoms with van der Waals surface area (Å²) in [5.74, 6) is 0. The van der Waals surface area contributed by atoms with Crippen molar-refractivity contribution in [1.82, 2.24) is 14.0 Å². The molecule has 1 aromatic heterocycles. The van der Waals surface area contributed by atoms with E-state index in [1.807, 2.05) is 12.1 Å². The van der Waals surface area contributed by atoms with E-state index in [2.05, 4.69) is 11.8 Å². The Morgan fingerprint density at radius 1 is 0.966 bits per heavy atom. The van der Waals surface area contributed by atoms with Gasteiger partial charge in [0, 0.05) is 44.5 Å². The van der Waals surface area contributed by atoms with Crippen molar-refractivity contribution in [2.24, 2.45) is 14.1 Å². The van der Waals surface area contributed by atoms with Gasteiger partial charge >= 0.3 is 5.69 Å². The van der Waals surface area contributed by atoms with Crippen molar-refractivity contribution in [3.8, 4) is 0 Å². The molecule has 0 N–H and O–H groups in total. The van der Waals surface area contributed by atoms with Gasteiger partial charge in [-0.05, 0) is 44.3 Å². The Kier molecular flexibility index (Phi) is 8.33. The lowest BCUT2D eigenvalue weighted by Crippen LogP contribution is -2.38. The summed E-state index contributed by atoms with van der Waals surface area (Å²) < 4.78 is 2.65. The van der Waals surface area contributed by atoms with Crippen molar-refractivity contribution < 1.29 is 4.92 Å². The molecule has 8 heteroatoms. The summed E-state index contributed by atoms with van der Waals surface area (Å²) in [6.07, 6.45) is 4.56. The standard InChI is InChI=1S/C21H30N4O4/c1-4-5-13-24(15-12-17-8-10-18(11-9-17)25(28)29)14-6-7-19-16-20(26)23(3)21(27)22(19)2/h8-11,16H,4-7,12-15H2,1-3H3. The summed E-state index contributed by atoms with van der Waals surface area (Å²) in [5, 5.41) is 10.8. The first-order valence-electron chi connectivity index (χ1n) is 10.0. The number of rotatable bonds is 11. The first kappa shape index (κ1) is 22.5. The number of non-ortho nitro benzene ring substituents is 1. The third-order valence-electron chi connectivity index (χ3n) is 5.22. The van der Waals surface area contributed by atoms with Crippen LogP contribution in [0.5, 0.6) is 0 Å². The second-order valence-electron chi connectivity index (χ2n) is 7.35. The third-order valence-corrected chi connectivity index (χ3v) is 5.22. The highest BCUT2D eigenvalue weighted by Gasteiger charge is 2.10. The van der Waals surface area contributed by atoms with E-state index in [1.54, 1.807) is 19.2 Å². The minimum atomic E-state index is -0.387. The Balaban J connectivity index is 1.94. The lowest BCUT2D eigenvalue weighted by atomic mass is 10.1. The normalized spacial score (nSPS) is 11.2. The molecule has 0 saturated heterocycles. The second-order valence-corrected chi connectivity index (χ2v) is 7.35. The van der Waals surface area contributed by atoms with Crippen LogP contribution in [0, 0.1) is 10.1 Å². The number of aryl methyl sites for hydroxylation is 1.